The third-order valence-corrected chi connectivity index (χ3v) is 1.50. The summed E-state index contributed by atoms with van der Waals surface area (Å²) in [6.45, 7) is 0.841. The van der Waals surface area contributed by atoms with Crippen molar-refractivity contribution < 1.29 is 8.78 Å². The van der Waals surface area contributed by atoms with Crippen molar-refractivity contribution in [2.45, 2.75) is 0 Å². The number of nitrogens with two attached hydrogens (primary N) is 1. The van der Waals surface area contributed by atoms with Crippen molar-refractivity contribution in [3.05, 3.63) is 36.0 Å². The van der Waals surface area contributed by atoms with Crippen LogP contribution >= 0.6 is 0 Å². The third-order valence-electron chi connectivity index (χ3n) is 1.50. The van der Waals surface area contributed by atoms with Crippen LogP contribution in [-0.4, -0.2) is 18.1 Å². The normalized spacial score (nSPS) is 10.8. The number of hydrogen-bond donors (Lipinski definition) is 2. The molecular weight excluding hydrogens is 188 g/mol. The van der Waals surface area contributed by atoms with Gasteiger partial charge in [0.2, 0.25) is 0 Å². The lowest BCUT2D eigenvalue weighted by atomic mass is 10.4. The molecule has 0 atom stereocenters. The van der Waals surface area contributed by atoms with Crippen LogP contribution in [0.2, 0.25) is 0 Å². The largest absolute Gasteiger partial charge is 0.364 e. The maximum absolute atomic E-state index is 12.9. The minimum atomic E-state index is -0.703. The Hall–Kier alpha value is -1.49. The molecule has 0 aromatic carbocycles. The number of nitrogens with one attached hydrogen (secondary N) is 1. The summed E-state index contributed by atoms with van der Waals surface area (Å²) in [5.41, 5.74) is 5.20. The highest BCUT2D eigenvalue weighted by Crippen LogP contribution is 2.10. The third kappa shape index (κ3) is 3.10. The molecule has 0 bridgehead atoms. The SMILES string of the molecule is NC/C=C/CNc1ncc(F)cc1F. The zero-order chi connectivity index (χ0) is 10.4. The number of anilines is 1. The Morgan fingerprint density at radius 2 is 2.21 bits per heavy atom. The van der Waals surface area contributed by atoms with Crippen LogP contribution in [0.5, 0.6) is 0 Å². The first kappa shape index (κ1) is 10.6. The van der Waals surface area contributed by atoms with Crippen LogP contribution in [0.15, 0.2) is 24.4 Å². The van der Waals surface area contributed by atoms with Gasteiger partial charge in [-0.05, 0) is 0 Å². The van der Waals surface area contributed by atoms with E-state index in [1.165, 1.54) is 0 Å². The molecule has 5 heteroatoms. The van der Waals surface area contributed by atoms with Crippen LogP contribution in [-0.2, 0) is 0 Å². The molecule has 14 heavy (non-hydrogen) atoms. The molecule has 0 unspecified atom stereocenters. The number of pyridine rings is 1. The second-order valence-corrected chi connectivity index (χ2v) is 2.57. The average molecular weight is 199 g/mol. The number of rotatable bonds is 4. The van der Waals surface area contributed by atoms with Gasteiger partial charge in [0.15, 0.2) is 11.6 Å². The van der Waals surface area contributed by atoms with Crippen molar-refractivity contribution in [2.75, 3.05) is 18.4 Å². The van der Waals surface area contributed by atoms with Crippen molar-refractivity contribution in [2.24, 2.45) is 5.73 Å². The lowest BCUT2D eigenvalue weighted by Gasteiger charge is -2.02. The van der Waals surface area contributed by atoms with Gasteiger partial charge < -0.3 is 11.1 Å². The maximum atomic E-state index is 12.9. The zero-order valence-corrected chi connectivity index (χ0v) is 7.50. The van der Waals surface area contributed by atoms with E-state index in [0.29, 0.717) is 13.1 Å². The summed E-state index contributed by atoms with van der Waals surface area (Å²) in [6, 6.07) is 0.780. The highest BCUT2D eigenvalue weighted by Gasteiger charge is 2.02. The molecule has 3 N–H and O–H groups in total. The molecule has 1 aromatic heterocycles. The van der Waals surface area contributed by atoms with Gasteiger partial charge >= 0.3 is 0 Å². The summed E-state index contributed by atoms with van der Waals surface area (Å²) < 4.78 is 25.4. The minimum Gasteiger partial charge on any atom is -0.364 e. The van der Waals surface area contributed by atoms with Crippen molar-refractivity contribution in [1.82, 2.24) is 4.98 Å². The number of hydrogen-bond acceptors (Lipinski definition) is 3. The van der Waals surface area contributed by atoms with Gasteiger partial charge in [0.25, 0.3) is 0 Å². The lowest BCUT2D eigenvalue weighted by Crippen LogP contribution is -2.04. The van der Waals surface area contributed by atoms with E-state index < -0.39 is 11.6 Å². The molecule has 1 rings (SSSR count). The Kier molecular flexibility index (Phi) is 4.00. The molecule has 0 saturated carbocycles. The predicted octanol–water partition coefficient (Wildman–Crippen LogP) is 1.29. The van der Waals surface area contributed by atoms with Gasteiger partial charge in [-0.15, -0.1) is 0 Å². The van der Waals surface area contributed by atoms with E-state index in [9.17, 15) is 8.78 Å². The van der Waals surface area contributed by atoms with E-state index in [4.69, 9.17) is 5.73 Å². The molecule has 1 heterocycles. The Labute approximate surface area is 80.6 Å². The van der Waals surface area contributed by atoms with Gasteiger partial charge in [-0.3, -0.25) is 0 Å². The fraction of sp³-hybridized carbons (Fsp3) is 0.222. The van der Waals surface area contributed by atoms with E-state index in [1.54, 1.807) is 12.2 Å². The number of aromatic nitrogens is 1. The van der Waals surface area contributed by atoms with Crippen molar-refractivity contribution in [1.29, 1.82) is 0 Å². The second kappa shape index (κ2) is 5.29. The number of nitrogens with zero attached hydrogens (tertiary/aromatic N) is 1. The number of halogens is 2. The average Bonchev–Trinajstić information content (AvgIpc) is 2.15. The van der Waals surface area contributed by atoms with E-state index >= 15 is 0 Å². The van der Waals surface area contributed by atoms with Crippen molar-refractivity contribution in [3.63, 3.8) is 0 Å². The highest BCUT2D eigenvalue weighted by molar-refractivity contribution is 5.36. The summed E-state index contributed by atoms with van der Waals surface area (Å²) in [5.74, 6) is -1.36. The van der Waals surface area contributed by atoms with Crippen LogP contribution in [0.25, 0.3) is 0 Å². The summed E-state index contributed by atoms with van der Waals surface area (Å²) in [7, 11) is 0. The Morgan fingerprint density at radius 1 is 1.43 bits per heavy atom. The Morgan fingerprint density at radius 3 is 2.86 bits per heavy atom. The topological polar surface area (TPSA) is 50.9 Å². The first-order valence-electron chi connectivity index (χ1n) is 4.14. The first-order valence-corrected chi connectivity index (χ1v) is 4.14. The van der Waals surface area contributed by atoms with Crippen molar-refractivity contribution in [3.8, 4) is 0 Å². The molecule has 76 valence electrons. The summed E-state index contributed by atoms with van der Waals surface area (Å²) in [4.78, 5) is 3.55. The van der Waals surface area contributed by atoms with Crippen LogP contribution < -0.4 is 11.1 Å². The quantitative estimate of drug-likeness (QED) is 0.718. The molecular formula is C9H11F2N3. The van der Waals surface area contributed by atoms with Crippen LogP contribution in [0.4, 0.5) is 14.6 Å². The molecule has 0 saturated heterocycles. The summed E-state index contributed by atoms with van der Waals surface area (Å²) in [5, 5.41) is 2.68. The smallest absolute Gasteiger partial charge is 0.168 e. The fourth-order valence-corrected chi connectivity index (χ4v) is 0.880. The predicted molar refractivity (Wildman–Crippen MR) is 50.8 cm³/mol. The summed E-state index contributed by atoms with van der Waals surface area (Å²) in [6.07, 6.45) is 4.43. The monoisotopic (exact) mass is 199 g/mol. The van der Waals surface area contributed by atoms with Gasteiger partial charge in [-0.2, -0.15) is 0 Å². The molecule has 0 aliphatic rings. The van der Waals surface area contributed by atoms with Crippen LogP contribution in [0.3, 0.4) is 0 Å². The van der Waals surface area contributed by atoms with Crippen LogP contribution in [0, 0.1) is 11.6 Å². The molecule has 0 fully saturated rings. The molecule has 0 radical (unpaired) electrons. The second-order valence-electron chi connectivity index (χ2n) is 2.57. The summed E-state index contributed by atoms with van der Waals surface area (Å²) >= 11 is 0. The maximum Gasteiger partial charge on any atom is 0.168 e. The van der Waals surface area contributed by atoms with E-state index in [2.05, 4.69) is 10.3 Å². The van der Waals surface area contributed by atoms with Gasteiger partial charge in [-0.25, -0.2) is 13.8 Å². The molecule has 0 amide bonds. The van der Waals surface area contributed by atoms with E-state index in [0.717, 1.165) is 12.3 Å². The van der Waals surface area contributed by atoms with Gasteiger partial charge in [0.05, 0.1) is 6.20 Å². The Bertz CT molecular complexity index is 326. The minimum absolute atomic E-state index is 0.0353. The van der Waals surface area contributed by atoms with E-state index in [1.807, 2.05) is 0 Å². The molecule has 3 nitrogen and oxygen atoms in total. The molecule has 0 aliphatic heterocycles. The van der Waals surface area contributed by atoms with E-state index in [-0.39, 0.29) is 5.82 Å². The lowest BCUT2D eigenvalue weighted by molar-refractivity contribution is 0.576. The Balaban J connectivity index is 2.55. The molecule has 0 spiro atoms. The highest BCUT2D eigenvalue weighted by atomic mass is 19.1. The van der Waals surface area contributed by atoms with Gasteiger partial charge in [-0.1, -0.05) is 12.2 Å². The molecule has 1 aromatic rings. The van der Waals surface area contributed by atoms with Crippen LogP contribution in [0.1, 0.15) is 0 Å². The van der Waals surface area contributed by atoms with Gasteiger partial charge in [0.1, 0.15) is 5.82 Å². The first-order chi connectivity index (χ1) is 6.74. The van der Waals surface area contributed by atoms with Gasteiger partial charge in [0, 0.05) is 19.2 Å². The zero-order valence-electron chi connectivity index (χ0n) is 7.50. The standard InChI is InChI=1S/C9H11F2N3/c10-7-5-8(11)9(14-6-7)13-4-2-1-3-12/h1-2,5-6H,3-4,12H2,(H,13,14)/b2-1+. The van der Waals surface area contributed by atoms with Crippen molar-refractivity contribution >= 4 is 5.82 Å². The fourth-order valence-electron chi connectivity index (χ4n) is 0.880. The molecule has 0 aliphatic carbocycles.